The molecule has 0 N–H and O–H groups in total. The summed E-state index contributed by atoms with van der Waals surface area (Å²) in [5.41, 5.74) is 2.30. The van der Waals surface area contributed by atoms with Crippen molar-refractivity contribution in [2.45, 2.75) is 39.2 Å². The van der Waals surface area contributed by atoms with E-state index in [1.54, 1.807) is 4.68 Å². The van der Waals surface area contributed by atoms with Gasteiger partial charge in [-0.2, -0.15) is 5.26 Å². The van der Waals surface area contributed by atoms with Gasteiger partial charge >= 0.3 is 0 Å². The van der Waals surface area contributed by atoms with Gasteiger partial charge in [0.1, 0.15) is 0 Å². The van der Waals surface area contributed by atoms with Crippen molar-refractivity contribution >= 4 is 0 Å². The smallest absolute Gasteiger partial charge is 0.182 e. The quantitative estimate of drug-likeness (QED) is 0.770. The van der Waals surface area contributed by atoms with Gasteiger partial charge < -0.3 is 0 Å². The minimum atomic E-state index is 0.515. The van der Waals surface area contributed by atoms with Crippen LogP contribution in [0.4, 0.5) is 0 Å². The average Bonchev–Trinajstić information content (AvgIpc) is 2.87. The first kappa shape index (κ1) is 13.2. The van der Waals surface area contributed by atoms with Gasteiger partial charge in [0.2, 0.25) is 0 Å². The van der Waals surface area contributed by atoms with Crippen molar-refractivity contribution < 1.29 is 0 Å². The molecule has 1 heterocycles. The van der Waals surface area contributed by atoms with Gasteiger partial charge in [0.15, 0.2) is 5.82 Å². The Kier molecular flexibility index (Phi) is 4.24. The van der Waals surface area contributed by atoms with E-state index in [2.05, 4.69) is 47.6 Å². The molecule has 2 rings (SSSR count). The molecule has 0 amide bonds. The van der Waals surface area contributed by atoms with Crippen LogP contribution in [0.25, 0.3) is 11.4 Å². The standard InChI is InChI=1S/C14H17N5/c1-11(2)12-5-7-13(8-6-12)14-16-17-18-19(14)10-4-3-9-15/h5-8,11H,3-4,10H2,1-2H3. The topological polar surface area (TPSA) is 67.4 Å². The van der Waals surface area contributed by atoms with Gasteiger partial charge in [-0.3, -0.25) is 0 Å². The lowest BCUT2D eigenvalue weighted by atomic mass is 10.0. The number of aromatic nitrogens is 4. The van der Waals surface area contributed by atoms with E-state index in [-0.39, 0.29) is 0 Å². The number of hydrogen-bond donors (Lipinski definition) is 0. The maximum Gasteiger partial charge on any atom is 0.182 e. The fourth-order valence-electron chi connectivity index (χ4n) is 1.89. The molecule has 0 radical (unpaired) electrons. The summed E-state index contributed by atoms with van der Waals surface area (Å²) in [6.45, 7) is 5.00. The summed E-state index contributed by atoms with van der Waals surface area (Å²) in [6.07, 6.45) is 1.28. The molecule has 5 heteroatoms. The van der Waals surface area contributed by atoms with Crippen LogP contribution < -0.4 is 0 Å². The van der Waals surface area contributed by atoms with Crippen LogP contribution >= 0.6 is 0 Å². The number of benzene rings is 1. The fraction of sp³-hybridized carbons (Fsp3) is 0.429. The third-order valence-corrected chi connectivity index (χ3v) is 3.03. The lowest BCUT2D eigenvalue weighted by molar-refractivity contribution is 0.569. The Hall–Kier alpha value is -2.22. The van der Waals surface area contributed by atoms with Crippen molar-refractivity contribution in [1.29, 1.82) is 5.26 Å². The lowest BCUT2D eigenvalue weighted by Crippen LogP contribution is -2.03. The number of aryl methyl sites for hydroxylation is 1. The summed E-state index contributed by atoms with van der Waals surface area (Å²) in [5.74, 6) is 1.27. The molecule has 0 spiro atoms. The Bertz CT molecular complexity index is 562. The summed E-state index contributed by atoms with van der Waals surface area (Å²) in [4.78, 5) is 0. The Labute approximate surface area is 112 Å². The zero-order chi connectivity index (χ0) is 13.7. The van der Waals surface area contributed by atoms with Crippen LogP contribution in [0.3, 0.4) is 0 Å². The summed E-state index contributed by atoms with van der Waals surface area (Å²) >= 11 is 0. The van der Waals surface area contributed by atoms with E-state index in [1.165, 1.54) is 5.56 Å². The molecular weight excluding hydrogens is 238 g/mol. The highest BCUT2D eigenvalue weighted by Gasteiger charge is 2.09. The van der Waals surface area contributed by atoms with Crippen LogP contribution in [0, 0.1) is 11.3 Å². The Morgan fingerprint density at radius 1 is 1.26 bits per heavy atom. The number of nitrogens with zero attached hydrogens (tertiary/aromatic N) is 5. The number of unbranched alkanes of at least 4 members (excludes halogenated alkanes) is 1. The van der Waals surface area contributed by atoms with E-state index in [1.807, 2.05) is 12.1 Å². The predicted octanol–water partition coefficient (Wildman–Crippen LogP) is 2.77. The Morgan fingerprint density at radius 3 is 2.63 bits per heavy atom. The normalized spacial score (nSPS) is 10.6. The molecule has 0 aliphatic carbocycles. The molecule has 5 nitrogen and oxygen atoms in total. The first-order chi connectivity index (χ1) is 9.22. The third-order valence-electron chi connectivity index (χ3n) is 3.03. The summed E-state index contributed by atoms with van der Waals surface area (Å²) in [6, 6.07) is 10.4. The highest BCUT2D eigenvalue weighted by Crippen LogP contribution is 2.20. The van der Waals surface area contributed by atoms with Crippen molar-refractivity contribution in [3.05, 3.63) is 29.8 Å². The molecule has 2 aromatic rings. The van der Waals surface area contributed by atoms with Crippen molar-refractivity contribution in [2.75, 3.05) is 0 Å². The predicted molar refractivity (Wildman–Crippen MR) is 72.2 cm³/mol. The largest absolute Gasteiger partial charge is 0.225 e. The molecule has 0 fully saturated rings. The third kappa shape index (κ3) is 3.16. The van der Waals surface area contributed by atoms with Crippen LogP contribution in [0.1, 0.15) is 38.2 Å². The Balaban J connectivity index is 2.17. The maximum absolute atomic E-state index is 8.55. The van der Waals surface area contributed by atoms with Crippen LogP contribution in [-0.2, 0) is 6.54 Å². The number of nitriles is 1. The highest BCUT2D eigenvalue weighted by molar-refractivity contribution is 5.55. The van der Waals surface area contributed by atoms with Crippen LogP contribution in [0.15, 0.2) is 24.3 Å². The minimum absolute atomic E-state index is 0.515. The summed E-state index contributed by atoms with van der Waals surface area (Å²) in [5, 5.41) is 20.3. The van der Waals surface area contributed by atoms with Gasteiger partial charge in [0, 0.05) is 18.5 Å². The number of hydrogen-bond acceptors (Lipinski definition) is 4. The van der Waals surface area contributed by atoms with Crippen molar-refractivity contribution in [3.8, 4) is 17.5 Å². The second kappa shape index (κ2) is 6.10. The molecule has 0 bridgehead atoms. The molecular formula is C14H17N5. The maximum atomic E-state index is 8.55. The molecule has 0 saturated heterocycles. The van der Waals surface area contributed by atoms with Crippen molar-refractivity contribution in [1.82, 2.24) is 20.2 Å². The van der Waals surface area contributed by atoms with Gasteiger partial charge in [0.05, 0.1) is 6.07 Å². The van der Waals surface area contributed by atoms with Crippen molar-refractivity contribution in [2.24, 2.45) is 0 Å². The number of tetrazole rings is 1. The zero-order valence-corrected chi connectivity index (χ0v) is 11.2. The van der Waals surface area contributed by atoms with Crippen LogP contribution in [0.2, 0.25) is 0 Å². The first-order valence-electron chi connectivity index (χ1n) is 6.46. The minimum Gasteiger partial charge on any atom is -0.225 e. The van der Waals surface area contributed by atoms with Gasteiger partial charge in [-0.05, 0) is 28.3 Å². The first-order valence-corrected chi connectivity index (χ1v) is 6.46. The summed E-state index contributed by atoms with van der Waals surface area (Å²) < 4.78 is 1.75. The molecule has 0 atom stereocenters. The molecule has 1 aromatic carbocycles. The summed E-state index contributed by atoms with van der Waals surface area (Å²) in [7, 11) is 0. The van der Waals surface area contributed by atoms with E-state index in [9.17, 15) is 0 Å². The number of rotatable bonds is 5. The SMILES string of the molecule is CC(C)c1ccc(-c2nnnn2CCCC#N)cc1. The fourth-order valence-corrected chi connectivity index (χ4v) is 1.89. The molecule has 0 aliphatic rings. The molecule has 98 valence electrons. The van der Waals surface area contributed by atoms with Gasteiger partial charge in [0.25, 0.3) is 0 Å². The van der Waals surface area contributed by atoms with E-state index in [0.29, 0.717) is 18.9 Å². The van der Waals surface area contributed by atoms with Crippen LogP contribution in [-0.4, -0.2) is 20.2 Å². The molecule has 1 aromatic heterocycles. The van der Waals surface area contributed by atoms with E-state index in [4.69, 9.17) is 5.26 Å². The molecule has 0 saturated carbocycles. The van der Waals surface area contributed by atoms with Gasteiger partial charge in [-0.1, -0.05) is 38.1 Å². The second-order valence-corrected chi connectivity index (χ2v) is 4.76. The van der Waals surface area contributed by atoms with Gasteiger partial charge in [-0.15, -0.1) is 5.10 Å². The molecule has 19 heavy (non-hydrogen) atoms. The lowest BCUT2D eigenvalue weighted by Gasteiger charge is -2.07. The van der Waals surface area contributed by atoms with E-state index in [0.717, 1.165) is 17.8 Å². The highest BCUT2D eigenvalue weighted by atomic mass is 15.5. The Morgan fingerprint density at radius 2 is 2.00 bits per heavy atom. The zero-order valence-electron chi connectivity index (χ0n) is 11.2. The molecule has 0 unspecified atom stereocenters. The van der Waals surface area contributed by atoms with Crippen molar-refractivity contribution in [3.63, 3.8) is 0 Å². The van der Waals surface area contributed by atoms with Crippen LogP contribution in [0.5, 0.6) is 0 Å². The van der Waals surface area contributed by atoms with Gasteiger partial charge in [-0.25, -0.2) is 4.68 Å². The second-order valence-electron chi connectivity index (χ2n) is 4.76. The monoisotopic (exact) mass is 255 g/mol. The average molecular weight is 255 g/mol. The van der Waals surface area contributed by atoms with E-state index < -0.39 is 0 Å². The van der Waals surface area contributed by atoms with E-state index >= 15 is 0 Å². The molecule has 0 aliphatic heterocycles.